The molecule has 1 aromatic heterocycles. The Kier molecular flexibility index (Phi) is 4.37. The van der Waals surface area contributed by atoms with Gasteiger partial charge < -0.3 is 10.5 Å². The molecule has 5 heteroatoms. The monoisotopic (exact) mass is 305 g/mol. The van der Waals surface area contributed by atoms with E-state index in [-0.39, 0.29) is 5.41 Å². The molecule has 0 saturated carbocycles. The van der Waals surface area contributed by atoms with Crippen molar-refractivity contribution in [2.45, 2.75) is 39.7 Å². The summed E-state index contributed by atoms with van der Waals surface area (Å²) in [5, 5.41) is 0.686. The molecule has 0 radical (unpaired) electrons. The van der Waals surface area contributed by atoms with Crippen LogP contribution in [0.3, 0.4) is 0 Å². The van der Waals surface area contributed by atoms with Gasteiger partial charge in [0.2, 0.25) is 5.88 Å². The first-order valence-corrected chi connectivity index (χ1v) is 7.17. The Morgan fingerprint density at radius 1 is 1.24 bits per heavy atom. The van der Waals surface area contributed by atoms with E-state index < -0.39 is 0 Å². The molecule has 0 unspecified atom stereocenters. The highest BCUT2D eigenvalue weighted by molar-refractivity contribution is 6.30. The van der Waals surface area contributed by atoms with E-state index in [1.165, 1.54) is 0 Å². The van der Waals surface area contributed by atoms with Crippen LogP contribution in [0.1, 0.15) is 37.7 Å². The van der Waals surface area contributed by atoms with Gasteiger partial charge in [0.15, 0.2) is 0 Å². The number of hydrogen-bond acceptors (Lipinski definition) is 4. The first kappa shape index (κ1) is 15.6. The van der Waals surface area contributed by atoms with Crippen molar-refractivity contribution in [3.05, 3.63) is 46.2 Å². The van der Waals surface area contributed by atoms with Crippen molar-refractivity contribution in [3.8, 4) is 5.88 Å². The van der Waals surface area contributed by atoms with Crippen molar-refractivity contribution in [1.82, 2.24) is 9.97 Å². The molecule has 0 spiro atoms. The molecule has 2 N–H and O–H groups in total. The highest BCUT2D eigenvalue weighted by Crippen LogP contribution is 2.26. The molecule has 1 aromatic carbocycles. The average Bonchev–Trinajstić information content (AvgIpc) is 2.39. The zero-order valence-corrected chi connectivity index (χ0v) is 13.5. The summed E-state index contributed by atoms with van der Waals surface area (Å²) in [5.41, 5.74) is 7.51. The van der Waals surface area contributed by atoms with Crippen LogP contribution < -0.4 is 10.5 Å². The third-order valence-corrected chi connectivity index (χ3v) is 3.31. The summed E-state index contributed by atoms with van der Waals surface area (Å²) < 4.78 is 5.80. The van der Waals surface area contributed by atoms with E-state index in [0.717, 1.165) is 11.1 Å². The third kappa shape index (κ3) is 3.85. The van der Waals surface area contributed by atoms with Crippen molar-refractivity contribution < 1.29 is 4.74 Å². The molecule has 0 fully saturated rings. The van der Waals surface area contributed by atoms with Crippen molar-refractivity contribution >= 4 is 17.4 Å². The summed E-state index contributed by atoms with van der Waals surface area (Å²) in [6.45, 7) is 8.37. The van der Waals surface area contributed by atoms with E-state index in [1.807, 2.05) is 52.0 Å². The largest absolute Gasteiger partial charge is 0.472 e. The van der Waals surface area contributed by atoms with Gasteiger partial charge in [0.1, 0.15) is 18.2 Å². The zero-order valence-electron chi connectivity index (χ0n) is 12.8. The van der Waals surface area contributed by atoms with Gasteiger partial charge in [0, 0.05) is 10.4 Å². The van der Waals surface area contributed by atoms with E-state index in [2.05, 4.69) is 9.97 Å². The second-order valence-corrected chi connectivity index (χ2v) is 6.47. The lowest BCUT2D eigenvalue weighted by atomic mass is 9.95. The third-order valence-electron chi connectivity index (χ3n) is 3.07. The number of benzene rings is 1. The number of nitrogens with zero attached hydrogens (tertiary/aromatic N) is 2. The molecule has 0 aliphatic rings. The van der Waals surface area contributed by atoms with Gasteiger partial charge in [-0.2, -0.15) is 4.98 Å². The highest BCUT2D eigenvalue weighted by atomic mass is 35.5. The second kappa shape index (κ2) is 5.90. The summed E-state index contributed by atoms with van der Waals surface area (Å²) >= 11 is 5.97. The first-order valence-electron chi connectivity index (χ1n) is 6.79. The Labute approximate surface area is 130 Å². The summed E-state index contributed by atoms with van der Waals surface area (Å²) in [6, 6.07) is 7.54. The maximum absolute atomic E-state index is 5.97. The summed E-state index contributed by atoms with van der Waals surface area (Å²) in [7, 11) is 0. The molecule has 1 heterocycles. The van der Waals surface area contributed by atoms with Crippen LogP contribution in [-0.2, 0) is 12.0 Å². The number of nitrogens with two attached hydrogens (primary N) is 1. The molecule has 0 bridgehead atoms. The van der Waals surface area contributed by atoms with E-state index in [0.29, 0.717) is 29.2 Å². The molecule has 0 aliphatic heterocycles. The Bertz CT molecular complexity index is 650. The molecule has 0 amide bonds. The van der Waals surface area contributed by atoms with Crippen LogP contribution in [0.25, 0.3) is 0 Å². The van der Waals surface area contributed by atoms with Gasteiger partial charge >= 0.3 is 0 Å². The van der Waals surface area contributed by atoms with E-state index >= 15 is 0 Å². The summed E-state index contributed by atoms with van der Waals surface area (Å²) in [5.74, 6) is 1.65. The molecule has 0 saturated heterocycles. The maximum Gasteiger partial charge on any atom is 0.222 e. The normalized spacial score (nSPS) is 11.5. The van der Waals surface area contributed by atoms with Crippen LogP contribution in [-0.4, -0.2) is 9.97 Å². The summed E-state index contributed by atoms with van der Waals surface area (Å²) in [6.07, 6.45) is 0. The van der Waals surface area contributed by atoms with E-state index in [4.69, 9.17) is 22.1 Å². The van der Waals surface area contributed by atoms with Crippen LogP contribution in [0, 0.1) is 6.92 Å². The molecule has 2 rings (SSSR count). The Balaban J connectivity index is 2.25. The lowest BCUT2D eigenvalue weighted by Gasteiger charge is -2.19. The van der Waals surface area contributed by atoms with Gasteiger partial charge in [-0.05, 0) is 24.6 Å². The zero-order chi connectivity index (χ0) is 15.6. The van der Waals surface area contributed by atoms with Crippen LogP contribution in [0.4, 0.5) is 5.82 Å². The predicted molar refractivity (Wildman–Crippen MR) is 85.7 cm³/mol. The van der Waals surface area contributed by atoms with E-state index in [9.17, 15) is 0 Å². The van der Waals surface area contributed by atoms with Gasteiger partial charge in [-0.1, -0.05) is 44.5 Å². The summed E-state index contributed by atoms with van der Waals surface area (Å²) in [4.78, 5) is 8.83. The lowest BCUT2D eigenvalue weighted by Crippen LogP contribution is -2.18. The van der Waals surface area contributed by atoms with Crippen molar-refractivity contribution in [2.24, 2.45) is 0 Å². The Morgan fingerprint density at radius 2 is 1.95 bits per heavy atom. The Morgan fingerprint density at radius 3 is 2.57 bits per heavy atom. The quantitative estimate of drug-likeness (QED) is 0.934. The minimum atomic E-state index is -0.185. The van der Waals surface area contributed by atoms with Gasteiger partial charge in [0.25, 0.3) is 0 Å². The number of halogens is 1. The van der Waals surface area contributed by atoms with Crippen molar-refractivity contribution in [1.29, 1.82) is 0 Å². The minimum absolute atomic E-state index is 0.185. The van der Waals surface area contributed by atoms with E-state index in [1.54, 1.807) is 0 Å². The smallest absolute Gasteiger partial charge is 0.222 e. The molecule has 112 valence electrons. The number of rotatable bonds is 3. The standard InChI is InChI=1S/C16H20ClN3O/c1-10-13(18)19-15(16(2,3)4)20-14(10)21-9-11-6-5-7-12(17)8-11/h5-8H,9H2,1-4H3,(H2,18,19,20). The molecule has 0 atom stereocenters. The molecule has 0 aliphatic carbocycles. The molecular formula is C16H20ClN3O. The van der Waals surface area contributed by atoms with Crippen LogP contribution in [0.2, 0.25) is 5.02 Å². The number of aromatic nitrogens is 2. The fourth-order valence-electron chi connectivity index (χ4n) is 1.77. The number of nitrogen functional groups attached to an aromatic ring is 1. The van der Waals surface area contributed by atoms with Crippen molar-refractivity contribution in [3.63, 3.8) is 0 Å². The minimum Gasteiger partial charge on any atom is -0.472 e. The van der Waals surface area contributed by atoms with Gasteiger partial charge in [-0.25, -0.2) is 4.98 Å². The van der Waals surface area contributed by atoms with Crippen molar-refractivity contribution in [2.75, 3.05) is 5.73 Å². The number of anilines is 1. The van der Waals surface area contributed by atoms with Crippen LogP contribution >= 0.6 is 11.6 Å². The Hall–Kier alpha value is -1.81. The van der Waals surface area contributed by atoms with Crippen LogP contribution in [0.15, 0.2) is 24.3 Å². The number of ether oxygens (including phenoxy) is 1. The van der Waals surface area contributed by atoms with Gasteiger partial charge in [-0.3, -0.25) is 0 Å². The van der Waals surface area contributed by atoms with Gasteiger partial charge in [0.05, 0.1) is 5.56 Å². The molecule has 2 aromatic rings. The molecular weight excluding hydrogens is 286 g/mol. The first-order chi connectivity index (χ1) is 9.77. The van der Waals surface area contributed by atoms with Crippen LogP contribution in [0.5, 0.6) is 5.88 Å². The predicted octanol–water partition coefficient (Wildman–Crippen LogP) is 3.90. The second-order valence-electron chi connectivity index (χ2n) is 6.03. The lowest BCUT2D eigenvalue weighted by molar-refractivity contribution is 0.288. The maximum atomic E-state index is 5.97. The molecule has 21 heavy (non-hydrogen) atoms. The fourth-order valence-corrected chi connectivity index (χ4v) is 1.98. The fraction of sp³-hybridized carbons (Fsp3) is 0.375. The average molecular weight is 306 g/mol. The number of hydrogen-bond donors (Lipinski definition) is 1. The SMILES string of the molecule is Cc1c(N)nc(C(C)(C)C)nc1OCc1cccc(Cl)c1. The topological polar surface area (TPSA) is 61.0 Å². The molecule has 4 nitrogen and oxygen atoms in total. The highest BCUT2D eigenvalue weighted by Gasteiger charge is 2.21. The van der Waals surface area contributed by atoms with Gasteiger partial charge in [-0.15, -0.1) is 0 Å².